The number of carbonyl (C=O) groups excluding carboxylic acids is 2. The average molecular weight is 602 g/mol. The van der Waals surface area contributed by atoms with E-state index in [0.717, 1.165) is 5.56 Å². The summed E-state index contributed by atoms with van der Waals surface area (Å²) >= 11 is 0. The lowest BCUT2D eigenvalue weighted by molar-refractivity contribution is -0.138. The molecule has 3 aliphatic rings. The zero-order valence-electron chi connectivity index (χ0n) is 26.1. The minimum absolute atomic E-state index is 0.0220. The second-order valence-electron chi connectivity index (χ2n) is 13.6. The van der Waals surface area contributed by atoms with E-state index in [-0.39, 0.29) is 54.2 Å². The van der Waals surface area contributed by atoms with Crippen LogP contribution in [0.15, 0.2) is 71.6 Å². The number of ketones is 2. The van der Waals surface area contributed by atoms with Gasteiger partial charge in [0.15, 0.2) is 23.1 Å². The number of ether oxygens (including phenoxy) is 2. The van der Waals surface area contributed by atoms with Gasteiger partial charge in [0.05, 0.1) is 7.11 Å². The first-order valence-corrected chi connectivity index (χ1v) is 14.9. The van der Waals surface area contributed by atoms with Crippen LogP contribution in [0.2, 0.25) is 0 Å². The number of hydrogen-bond acceptors (Lipinski definition) is 6. The van der Waals surface area contributed by atoms with Gasteiger partial charge in [0.2, 0.25) is 0 Å². The lowest BCUT2D eigenvalue weighted by atomic mass is 9.63. The average Bonchev–Trinajstić information content (AvgIpc) is 2.92. The van der Waals surface area contributed by atoms with Crippen LogP contribution in [0.3, 0.4) is 0 Å². The fourth-order valence-corrected chi connectivity index (χ4v) is 6.95. The third kappa shape index (κ3) is 5.94. The molecule has 2 aromatic carbocycles. The van der Waals surface area contributed by atoms with E-state index in [1.165, 1.54) is 13.2 Å². The monoisotopic (exact) mass is 601 g/mol. The van der Waals surface area contributed by atoms with Crippen molar-refractivity contribution in [2.45, 2.75) is 72.3 Å². The summed E-state index contributed by atoms with van der Waals surface area (Å²) in [6, 6.07) is 10.1. The summed E-state index contributed by atoms with van der Waals surface area (Å²) in [6.07, 6.45) is 3.70. The molecule has 0 aromatic heterocycles. The van der Waals surface area contributed by atoms with Crippen molar-refractivity contribution in [2.24, 2.45) is 10.8 Å². The van der Waals surface area contributed by atoms with Crippen molar-refractivity contribution in [1.82, 2.24) is 4.90 Å². The predicted octanol–water partition coefficient (Wildman–Crippen LogP) is 6.91. The first-order valence-electron chi connectivity index (χ1n) is 14.9. The van der Waals surface area contributed by atoms with Crippen LogP contribution < -0.4 is 9.47 Å². The van der Waals surface area contributed by atoms with E-state index >= 15 is 0 Å². The normalized spacial score (nSPS) is 19.5. The summed E-state index contributed by atoms with van der Waals surface area (Å²) < 4.78 is 26.3. The fourth-order valence-electron chi connectivity index (χ4n) is 6.95. The molecule has 1 aliphatic heterocycles. The van der Waals surface area contributed by atoms with Crippen LogP contribution in [-0.2, 0) is 27.4 Å². The molecular formula is C36H40FNO6. The highest BCUT2D eigenvalue weighted by atomic mass is 19.1. The van der Waals surface area contributed by atoms with Gasteiger partial charge in [0, 0.05) is 52.4 Å². The largest absolute Gasteiger partial charge is 0.493 e. The highest BCUT2D eigenvalue weighted by Gasteiger charge is 2.49. The van der Waals surface area contributed by atoms with Crippen LogP contribution in [0.5, 0.6) is 11.5 Å². The molecule has 7 nitrogen and oxygen atoms in total. The number of allylic oxidation sites excluding steroid dienone is 5. The number of carboxylic acids is 1. The van der Waals surface area contributed by atoms with Crippen LogP contribution >= 0.6 is 0 Å². The number of hydrogen-bond donors (Lipinski definition) is 1. The van der Waals surface area contributed by atoms with Gasteiger partial charge in [0.25, 0.3) is 0 Å². The maximum absolute atomic E-state index is 14.4. The van der Waals surface area contributed by atoms with Crippen molar-refractivity contribution in [3.63, 3.8) is 0 Å². The van der Waals surface area contributed by atoms with Gasteiger partial charge in [-0.15, -0.1) is 6.58 Å². The summed E-state index contributed by atoms with van der Waals surface area (Å²) in [6.45, 7) is 11.6. The Morgan fingerprint density at radius 1 is 1.00 bits per heavy atom. The van der Waals surface area contributed by atoms with Crippen LogP contribution in [0.4, 0.5) is 4.39 Å². The Bertz CT molecular complexity index is 1560. The Morgan fingerprint density at radius 3 is 2.11 bits per heavy atom. The number of carbonyl (C=O) groups is 3. The van der Waals surface area contributed by atoms with Gasteiger partial charge in [-0.05, 0) is 47.8 Å². The molecular weight excluding hydrogens is 561 g/mol. The number of halogens is 1. The van der Waals surface area contributed by atoms with Crippen molar-refractivity contribution < 1.29 is 33.4 Å². The minimum atomic E-state index is -1.03. The van der Waals surface area contributed by atoms with Crippen molar-refractivity contribution in [3.8, 4) is 11.5 Å². The molecule has 0 saturated heterocycles. The van der Waals surface area contributed by atoms with Crippen molar-refractivity contribution in [1.29, 1.82) is 0 Å². The highest BCUT2D eigenvalue weighted by molar-refractivity contribution is 6.07. The second-order valence-corrected chi connectivity index (χ2v) is 13.6. The SMILES string of the molecule is C=CCc1cc(C2C3=C(CC(C)(C)CC3=O)N(CC(=O)O)C3=C2C(=O)CC(C)(C)C3)cc(OC)c1OCc1ccccc1F. The minimum Gasteiger partial charge on any atom is -0.493 e. The molecule has 5 rings (SSSR count). The molecule has 0 atom stereocenters. The summed E-state index contributed by atoms with van der Waals surface area (Å²) in [5.41, 5.74) is 3.35. The molecule has 0 amide bonds. The Balaban J connectivity index is 1.72. The molecule has 0 unspecified atom stereocenters. The van der Waals surface area contributed by atoms with E-state index in [0.29, 0.717) is 64.4 Å². The van der Waals surface area contributed by atoms with E-state index < -0.39 is 11.9 Å². The molecule has 232 valence electrons. The van der Waals surface area contributed by atoms with E-state index in [2.05, 4.69) is 6.58 Å². The first-order chi connectivity index (χ1) is 20.7. The molecule has 0 radical (unpaired) electrons. The van der Waals surface area contributed by atoms with Crippen molar-refractivity contribution >= 4 is 17.5 Å². The van der Waals surface area contributed by atoms with Gasteiger partial charge in [-0.3, -0.25) is 14.4 Å². The standard InChI is InChI=1S/C36H40FNO6/c1-7-10-21-13-23(14-29(43-6)34(21)44-20-22-11-8-9-12-24(22)37)31-32-25(15-35(2,3)17-27(32)39)38(19-30(41)42)26-16-36(4,5)18-28(40)33(26)31/h7-9,11-14,31H,1,10,15-20H2,2-6H3,(H,41,42). The smallest absolute Gasteiger partial charge is 0.323 e. The maximum Gasteiger partial charge on any atom is 0.323 e. The van der Waals surface area contributed by atoms with Gasteiger partial charge in [-0.2, -0.15) is 0 Å². The zero-order chi connectivity index (χ0) is 32.0. The lowest BCUT2D eigenvalue weighted by Gasteiger charge is -2.48. The maximum atomic E-state index is 14.4. The molecule has 0 fully saturated rings. The number of Topliss-reactive ketones (excluding diaryl/α,β-unsaturated/α-hetero) is 2. The van der Waals surface area contributed by atoms with Crippen LogP contribution in [0, 0.1) is 16.6 Å². The number of benzene rings is 2. The molecule has 44 heavy (non-hydrogen) atoms. The van der Waals surface area contributed by atoms with Crippen molar-refractivity contribution in [2.75, 3.05) is 13.7 Å². The molecule has 0 bridgehead atoms. The number of rotatable bonds is 9. The molecule has 2 aliphatic carbocycles. The summed E-state index contributed by atoms with van der Waals surface area (Å²) in [7, 11) is 1.51. The topological polar surface area (TPSA) is 93.1 Å². The van der Waals surface area contributed by atoms with E-state index in [4.69, 9.17) is 9.47 Å². The van der Waals surface area contributed by atoms with Gasteiger partial charge in [-0.25, -0.2) is 4.39 Å². The number of nitrogens with zero attached hydrogens (tertiary/aromatic N) is 1. The third-order valence-electron chi connectivity index (χ3n) is 8.72. The van der Waals surface area contributed by atoms with Gasteiger partial charge >= 0.3 is 5.97 Å². The molecule has 1 N–H and O–H groups in total. The lowest BCUT2D eigenvalue weighted by Crippen LogP contribution is -2.45. The summed E-state index contributed by atoms with van der Waals surface area (Å²) in [4.78, 5) is 41.9. The zero-order valence-corrected chi connectivity index (χ0v) is 26.1. The molecule has 8 heteroatoms. The predicted molar refractivity (Wildman–Crippen MR) is 165 cm³/mol. The first kappa shape index (κ1) is 31.2. The van der Waals surface area contributed by atoms with Crippen LogP contribution in [-0.4, -0.2) is 41.2 Å². The van der Waals surface area contributed by atoms with E-state index in [9.17, 15) is 23.9 Å². The molecule has 0 spiro atoms. The third-order valence-corrected chi connectivity index (χ3v) is 8.72. The summed E-state index contributed by atoms with van der Waals surface area (Å²) in [5.74, 6) is -1.46. The Morgan fingerprint density at radius 2 is 1.59 bits per heavy atom. The van der Waals surface area contributed by atoms with Crippen LogP contribution in [0.25, 0.3) is 0 Å². The van der Waals surface area contributed by atoms with E-state index in [1.54, 1.807) is 35.2 Å². The second kappa shape index (κ2) is 11.7. The van der Waals surface area contributed by atoms with Gasteiger partial charge in [0.1, 0.15) is 19.0 Å². The number of carboxylic acid groups (broad SMARTS) is 1. The Labute approximate surface area is 258 Å². The Hall–Kier alpha value is -4.20. The summed E-state index contributed by atoms with van der Waals surface area (Å²) in [5, 5.41) is 9.95. The fraction of sp³-hybridized carbons (Fsp3) is 0.417. The van der Waals surface area contributed by atoms with Gasteiger partial charge < -0.3 is 19.5 Å². The van der Waals surface area contributed by atoms with Crippen molar-refractivity contribution in [3.05, 3.63) is 94.1 Å². The molecule has 0 saturated carbocycles. The molecule has 2 aromatic rings. The quantitative estimate of drug-likeness (QED) is 0.312. The Kier molecular flexibility index (Phi) is 8.31. The highest BCUT2D eigenvalue weighted by Crippen LogP contribution is 2.55. The van der Waals surface area contributed by atoms with Gasteiger partial charge in [-0.1, -0.05) is 58.0 Å². The van der Waals surface area contributed by atoms with Crippen LogP contribution in [0.1, 0.15) is 76.0 Å². The van der Waals surface area contributed by atoms with E-state index in [1.807, 2.05) is 33.8 Å². The molecule has 1 heterocycles. The number of aliphatic carboxylic acids is 1. The number of methoxy groups -OCH3 is 1.